The van der Waals surface area contributed by atoms with Gasteiger partial charge in [0.25, 0.3) is 5.69 Å². The van der Waals surface area contributed by atoms with Crippen molar-refractivity contribution in [3.8, 4) is 22.7 Å². The normalized spacial score (nSPS) is 10.5. The van der Waals surface area contributed by atoms with Gasteiger partial charge in [0.05, 0.1) is 17.7 Å². The molecule has 0 N–H and O–H groups in total. The minimum Gasteiger partial charge on any atom is -0.497 e. The molecule has 1 aromatic heterocycles. The van der Waals surface area contributed by atoms with Crippen molar-refractivity contribution in [3.05, 3.63) is 76.5 Å². The van der Waals surface area contributed by atoms with Crippen molar-refractivity contribution < 1.29 is 9.66 Å². The third-order valence-corrected chi connectivity index (χ3v) is 3.74. The highest BCUT2D eigenvalue weighted by Gasteiger charge is 2.13. The van der Waals surface area contributed by atoms with E-state index in [1.165, 1.54) is 6.07 Å². The molecule has 3 rings (SSSR count). The molecule has 0 fully saturated rings. The van der Waals surface area contributed by atoms with Gasteiger partial charge in [-0.2, -0.15) is 0 Å². The minimum atomic E-state index is -0.380. The number of benzene rings is 2. The van der Waals surface area contributed by atoms with Gasteiger partial charge in [-0.15, -0.1) is 0 Å². The molecule has 0 aliphatic rings. The number of nitro groups is 1. The summed E-state index contributed by atoms with van der Waals surface area (Å²) < 4.78 is 7.34. The van der Waals surface area contributed by atoms with Gasteiger partial charge in [-0.25, -0.2) is 0 Å². The van der Waals surface area contributed by atoms with Gasteiger partial charge in [0.1, 0.15) is 5.75 Å². The number of methoxy groups -OCH3 is 1. The summed E-state index contributed by atoms with van der Waals surface area (Å²) in [6.45, 7) is 2.00. The van der Waals surface area contributed by atoms with Crippen molar-refractivity contribution >= 4 is 5.69 Å². The number of hydrogen-bond acceptors (Lipinski definition) is 3. The predicted octanol–water partition coefficient (Wildman–Crippen LogP) is 4.37. The van der Waals surface area contributed by atoms with Gasteiger partial charge in [-0.3, -0.25) is 10.1 Å². The molecule has 0 unspecified atom stereocenters. The molecular formula is C18H16N2O3. The Morgan fingerprint density at radius 1 is 1.04 bits per heavy atom. The molecule has 1 heterocycles. The Morgan fingerprint density at radius 3 is 2.57 bits per heavy atom. The Bertz CT molecular complexity index is 868. The average molecular weight is 308 g/mol. The molecule has 116 valence electrons. The molecule has 0 amide bonds. The molecule has 0 spiro atoms. The molecule has 23 heavy (non-hydrogen) atoms. The zero-order valence-electron chi connectivity index (χ0n) is 12.9. The van der Waals surface area contributed by atoms with Crippen molar-refractivity contribution in [2.45, 2.75) is 6.92 Å². The number of non-ortho nitro benzene ring substituents is 1. The maximum Gasteiger partial charge on any atom is 0.270 e. The molecule has 0 aliphatic heterocycles. The quantitative estimate of drug-likeness (QED) is 0.531. The number of rotatable bonds is 4. The zero-order valence-corrected chi connectivity index (χ0v) is 12.9. The van der Waals surface area contributed by atoms with Crippen molar-refractivity contribution in [3.63, 3.8) is 0 Å². The largest absolute Gasteiger partial charge is 0.497 e. The summed E-state index contributed by atoms with van der Waals surface area (Å²) in [5.74, 6) is 0.764. The van der Waals surface area contributed by atoms with E-state index in [-0.39, 0.29) is 10.6 Å². The Labute approximate surface area is 133 Å². The monoisotopic (exact) mass is 308 g/mol. The van der Waals surface area contributed by atoms with E-state index in [1.54, 1.807) is 19.2 Å². The third kappa shape index (κ3) is 2.81. The summed E-state index contributed by atoms with van der Waals surface area (Å²) in [4.78, 5) is 10.6. The second-order valence-corrected chi connectivity index (χ2v) is 5.20. The summed E-state index contributed by atoms with van der Waals surface area (Å²) in [5.41, 5.74) is 3.78. The van der Waals surface area contributed by atoms with Crippen LogP contribution in [0, 0.1) is 17.0 Å². The van der Waals surface area contributed by atoms with E-state index in [2.05, 4.69) is 4.57 Å². The number of nitrogens with zero attached hydrogens (tertiary/aromatic N) is 2. The van der Waals surface area contributed by atoms with Crippen LogP contribution in [0.25, 0.3) is 16.9 Å². The summed E-state index contributed by atoms with van der Waals surface area (Å²) in [5, 5.41) is 11.0. The van der Waals surface area contributed by atoms with E-state index in [4.69, 9.17) is 4.74 Å². The fourth-order valence-corrected chi connectivity index (χ4v) is 2.64. The first-order valence-corrected chi connectivity index (χ1v) is 7.18. The van der Waals surface area contributed by atoms with Crippen molar-refractivity contribution in [2.75, 3.05) is 7.11 Å². The first kappa shape index (κ1) is 14.8. The lowest BCUT2D eigenvalue weighted by Crippen LogP contribution is -1.99. The molecule has 0 saturated carbocycles. The lowest BCUT2D eigenvalue weighted by molar-refractivity contribution is -0.384. The van der Waals surface area contributed by atoms with Crippen LogP contribution in [-0.4, -0.2) is 16.6 Å². The summed E-state index contributed by atoms with van der Waals surface area (Å²) >= 11 is 0. The first-order chi connectivity index (χ1) is 11.1. The van der Waals surface area contributed by atoms with E-state index in [0.29, 0.717) is 0 Å². The number of aryl methyl sites for hydroxylation is 1. The Kier molecular flexibility index (Phi) is 3.85. The fraction of sp³-hybridized carbons (Fsp3) is 0.111. The molecule has 0 atom stereocenters. The van der Waals surface area contributed by atoms with Crippen LogP contribution in [0.4, 0.5) is 5.69 Å². The van der Waals surface area contributed by atoms with Crippen molar-refractivity contribution in [1.82, 2.24) is 4.57 Å². The van der Waals surface area contributed by atoms with Crippen LogP contribution in [0.1, 0.15) is 5.69 Å². The van der Waals surface area contributed by atoms with E-state index < -0.39 is 0 Å². The average Bonchev–Trinajstić information content (AvgIpc) is 2.96. The van der Waals surface area contributed by atoms with Crippen LogP contribution in [0.2, 0.25) is 0 Å². The van der Waals surface area contributed by atoms with Crippen molar-refractivity contribution in [2.24, 2.45) is 0 Å². The lowest BCUT2D eigenvalue weighted by Gasteiger charge is -2.13. The molecule has 3 aromatic rings. The van der Waals surface area contributed by atoms with E-state index in [9.17, 15) is 10.1 Å². The van der Waals surface area contributed by atoms with Crippen LogP contribution < -0.4 is 4.74 Å². The van der Waals surface area contributed by atoms with Gasteiger partial charge in [0.15, 0.2) is 0 Å². The zero-order chi connectivity index (χ0) is 16.4. The van der Waals surface area contributed by atoms with Gasteiger partial charge >= 0.3 is 0 Å². The van der Waals surface area contributed by atoms with E-state index in [0.717, 1.165) is 28.4 Å². The minimum absolute atomic E-state index is 0.0820. The van der Waals surface area contributed by atoms with Crippen LogP contribution in [-0.2, 0) is 0 Å². The van der Waals surface area contributed by atoms with E-state index in [1.807, 2.05) is 49.4 Å². The summed E-state index contributed by atoms with van der Waals surface area (Å²) in [7, 11) is 1.63. The highest BCUT2D eigenvalue weighted by Crippen LogP contribution is 2.29. The van der Waals surface area contributed by atoms with Gasteiger partial charge in [0, 0.05) is 35.1 Å². The molecular weight excluding hydrogens is 292 g/mol. The number of aromatic nitrogens is 1. The Balaban J connectivity index is 2.15. The number of hydrogen-bond donors (Lipinski definition) is 0. The Hall–Kier alpha value is -3.08. The van der Waals surface area contributed by atoms with Gasteiger partial charge < -0.3 is 9.30 Å². The second-order valence-electron chi connectivity index (χ2n) is 5.20. The lowest BCUT2D eigenvalue weighted by atomic mass is 10.1. The van der Waals surface area contributed by atoms with E-state index >= 15 is 0 Å². The number of nitro benzene ring substituents is 1. The smallest absolute Gasteiger partial charge is 0.270 e. The first-order valence-electron chi connectivity index (χ1n) is 7.18. The van der Waals surface area contributed by atoms with Crippen molar-refractivity contribution in [1.29, 1.82) is 0 Å². The standard InChI is InChI=1S/C18H16N2O3/c1-13-9-10-18(14-5-3-7-16(11-14)20(21)22)19(13)15-6-4-8-17(12-15)23-2/h3-12H,1-2H3. The highest BCUT2D eigenvalue weighted by atomic mass is 16.6. The number of ether oxygens (including phenoxy) is 1. The molecule has 5 nitrogen and oxygen atoms in total. The van der Waals surface area contributed by atoms with Crippen LogP contribution in [0.3, 0.4) is 0 Å². The molecule has 0 radical (unpaired) electrons. The topological polar surface area (TPSA) is 57.3 Å². The maximum atomic E-state index is 11.0. The molecule has 5 heteroatoms. The second kappa shape index (κ2) is 5.96. The van der Waals surface area contributed by atoms with Crippen LogP contribution >= 0.6 is 0 Å². The van der Waals surface area contributed by atoms with Crippen LogP contribution in [0.15, 0.2) is 60.7 Å². The third-order valence-electron chi connectivity index (χ3n) is 3.74. The summed E-state index contributed by atoms with van der Waals surface area (Å²) in [6.07, 6.45) is 0. The van der Waals surface area contributed by atoms with Gasteiger partial charge in [-0.05, 0) is 31.2 Å². The SMILES string of the molecule is COc1cccc(-n2c(C)ccc2-c2cccc([N+](=O)[O-])c2)c1. The van der Waals surface area contributed by atoms with Gasteiger partial charge in [-0.1, -0.05) is 18.2 Å². The van der Waals surface area contributed by atoms with Crippen LogP contribution in [0.5, 0.6) is 5.75 Å². The molecule has 0 aliphatic carbocycles. The van der Waals surface area contributed by atoms with Gasteiger partial charge in [0.2, 0.25) is 0 Å². The predicted molar refractivity (Wildman–Crippen MR) is 89.1 cm³/mol. The fourth-order valence-electron chi connectivity index (χ4n) is 2.64. The Morgan fingerprint density at radius 2 is 1.83 bits per heavy atom. The molecule has 0 bridgehead atoms. The molecule has 2 aromatic carbocycles. The molecule has 0 saturated heterocycles. The maximum absolute atomic E-state index is 11.0. The summed E-state index contributed by atoms with van der Waals surface area (Å²) in [6, 6.07) is 18.3. The highest BCUT2D eigenvalue weighted by molar-refractivity contribution is 5.67.